The van der Waals surface area contributed by atoms with Crippen molar-refractivity contribution in [3.63, 3.8) is 0 Å². The Morgan fingerprint density at radius 3 is 2.39 bits per heavy atom. The van der Waals surface area contributed by atoms with Crippen LogP contribution in [-0.4, -0.2) is 56.9 Å². The van der Waals surface area contributed by atoms with E-state index in [1.165, 1.54) is 30.5 Å². The molecule has 0 bridgehead atoms. The number of pyridine rings is 1. The largest absolute Gasteiger partial charge is 0.478 e. The number of aromatic carboxylic acids is 1. The molecule has 1 fully saturated rings. The van der Waals surface area contributed by atoms with E-state index in [4.69, 9.17) is 0 Å². The number of benzene rings is 2. The SMILES string of the molecule is O=C(Nc1ccncc1C(=O)O)c1ccc(N2CCCCC2)c(NC(=O)c2nn(CC(F)(F)F)c3ccccc23)c1. The summed E-state index contributed by atoms with van der Waals surface area (Å²) in [5.41, 5.74) is 0.862. The number of rotatable bonds is 7. The zero-order valence-electron chi connectivity index (χ0n) is 21.6. The molecule has 2 aromatic carbocycles. The molecule has 2 aromatic heterocycles. The number of hydrogen-bond acceptors (Lipinski definition) is 6. The fourth-order valence-corrected chi connectivity index (χ4v) is 4.82. The first-order valence-corrected chi connectivity index (χ1v) is 12.8. The molecule has 0 aliphatic carbocycles. The lowest BCUT2D eigenvalue weighted by Crippen LogP contribution is -2.30. The van der Waals surface area contributed by atoms with Crippen molar-refractivity contribution in [1.29, 1.82) is 0 Å². The van der Waals surface area contributed by atoms with Gasteiger partial charge in [0.15, 0.2) is 5.69 Å². The zero-order valence-corrected chi connectivity index (χ0v) is 21.6. The first kappa shape index (κ1) is 27.6. The van der Waals surface area contributed by atoms with Gasteiger partial charge in [0.1, 0.15) is 12.1 Å². The second-order valence-corrected chi connectivity index (χ2v) is 9.55. The van der Waals surface area contributed by atoms with Crippen LogP contribution in [0.2, 0.25) is 0 Å². The fourth-order valence-electron chi connectivity index (χ4n) is 4.82. The second kappa shape index (κ2) is 11.3. The van der Waals surface area contributed by atoms with Gasteiger partial charge in [-0.1, -0.05) is 18.2 Å². The molecule has 1 saturated heterocycles. The molecule has 1 aliphatic rings. The number of piperidine rings is 1. The van der Waals surface area contributed by atoms with Crippen LogP contribution in [-0.2, 0) is 6.54 Å². The number of alkyl halides is 3. The first-order valence-electron chi connectivity index (χ1n) is 12.8. The van der Waals surface area contributed by atoms with Crippen LogP contribution in [0.25, 0.3) is 10.9 Å². The highest BCUT2D eigenvalue weighted by Crippen LogP contribution is 2.32. The number of carbonyl (C=O) groups excluding carboxylic acids is 2. The maximum Gasteiger partial charge on any atom is 0.408 e. The van der Waals surface area contributed by atoms with Crippen LogP contribution in [0.5, 0.6) is 0 Å². The highest BCUT2D eigenvalue weighted by Gasteiger charge is 2.31. The molecule has 4 aromatic rings. The Morgan fingerprint density at radius 2 is 1.66 bits per heavy atom. The molecule has 41 heavy (non-hydrogen) atoms. The summed E-state index contributed by atoms with van der Waals surface area (Å²) in [5, 5.41) is 19.0. The number of fused-ring (bicyclic) bond motifs is 1. The van der Waals surface area contributed by atoms with Crippen molar-refractivity contribution in [2.24, 2.45) is 0 Å². The minimum atomic E-state index is -4.54. The average Bonchev–Trinajstić information content (AvgIpc) is 3.30. The maximum absolute atomic E-state index is 13.5. The summed E-state index contributed by atoms with van der Waals surface area (Å²) in [6.07, 6.45) is 0.838. The van der Waals surface area contributed by atoms with E-state index in [-0.39, 0.29) is 39.1 Å². The molecule has 5 rings (SSSR count). The Bertz CT molecular complexity index is 1630. The molecule has 0 unspecified atom stereocenters. The van der Waals surface area contributed by atoms with Gasteiger partial charge in [-0.15, -0.1) is 0 Å². The van der Waals surface area contributed by atoms with Crippen LogP contribution >= 0.6 is 0 Å². The summed E-state index contributed by atoms with van der Waals surface area (Å²) in [5.74, 6) is -2.63. The fraction of sp³-hybridized carbons (Fsp3) is 0.250. The number of nitrogens with one attached hydrogen (secondary N) is 2. The number of halogens is 3. The van der Waals surface area contributed by atoms with E-state index in [0.29, 0.717) is 5.69 Å². The summed E-state index contributed by atoms with van der Waals surface area (Å²) >= 11 is 0. The summed E-state index contributed by atoms with van der Waals surface area (Å²) < 4.78 is 40.3. The van der Waals surface area contributed by atoms with Crippen molar-refractivity contribution < 1.29 is 32.7 Å². The predicted molar refractivity (Wildman–Crippen MR) is 145 cm³/mol. The Hall–Kier alpha value is -4.94. The van der Waals surface area contributed by atoms with Crippen LogP contribution in [0.15, 0.2) is 60.9 Å². The quantitative estimate of drug-likeness (QED) is 0.281. The number of para-hydroxylation sites is 1. The highest BCUT2D eigenvalue weighted by atomic mass is 19.4. The topological polar surface area (TPSA) is 129 Å². The van der Waals surface area contributed by atoms with Gasteiger partial charge in [-0.2, -0.15) is 18.3 Å². The predicted octanol–water partition coefficient (Wildman–Crippen LogP) is 5.19. The molecule has 3 heterocycles. The van der Waals surface area contributed by atoms with Crippen LogP contribution < -0.4 is 15.5 Å². The minimum Gasteiger partial charge on any atom is -0.478 e. The third-order valence-corrected chi connectivity index (χ3v) is 6.71. The number of aromatic nitrogens is 3. The van der Waals surface area contributed by atoms with Crippen LogP contribution in [0, 0.1) is 0 Å². The number of anilines is 3. The monoisotopic (exact) mass is 566 g/mol. The van der Waals surface area contributed by atoms with Gasteiger partial charge in [0.25, 0.3) is 11.8 Å². The van der Waals surface area contributed by atoms with E-state index in [1.54, 1.807) is 24.3 Å². The lowest BCUT2D eigenvalue weighted by Gasteiger charge is -2.30. The van der Waals surface area contributed by atoms with Gasteiger partial charge >= 0.3 is 12.1 Å². The zero-order chi connectivity index (χ0) is 29.1. The number of hydrogen-bond donors (Lipinski definition) is 3. The number of carbonyl (C=O) groups is 3. The molecule has 3 N–H and O–H groups in total. The van der Waals surface area contributed by atoms with Crippen molar-refractivity contribution in [2.45, 2.75) is 32.0 Å². The maximum atomic E-state index is 13.5. The summed E-state index contributed by atoms with van der Waals surface area (Å²) in [6, 6.07) is 12.2. The smallest absolute Gasteiger partial charge is 0.408 e. The Morgan fingerprint density at radius 1 is 0.927 bits per heavy atom. The van der Waals surface area contributed by atoms with Crippen molar-refractivity contribution in [1.82, 2.24) is 14.8 Å². The van der Waals surface area contributed by atoms with Gasteiger partial charge in [0, 0.05) is 36.4 Å². The third-order valence-electron chi connectivity index (χ3n) is 6.71. The number of amides is 2. The average molecular weight is 567 g/mol. The highest BCUT2D eigenvalue weighted by molar-refractivity contribution is 6.13. The lowest BCUT2D eigenvalue weighted by atomic mass is 10.1. The van der Waals surface area contributed by atoms with Gasteiger partial charge in [-0.25, -0.2) is 4.79 Å². The van der Waals surface area contributed by atoms with Gasteiger partial charge < -0.3 is 20.6 Å². The van der Waals surface area contributed by atoms with E-state index < -0.39 is 30.5 Å². The minimum absolute atomic E-state index is 0.0462. The number of carboxylic acid groups (broad SMARTS) is 1. The summed E-state index contributed by atoms with van der Waals surface area (Å²) in [7, 11) is 0. The Kier molecular flexibility index (Phi) is 7.60. The van der Waals surface area contributed by atoms with Gasteiger partial charge in [-0.05, 0) is 49.6 Å². The van der Waals surface area contributed by atoms with E-state index in [1.807, 2.05) is 0 Å². The number of carboxylic acids is 1. The van der Waals surface area contributed by atoms with Gasteiger partial charge in [0.05, 0.1) is 22.6 Å². The van der Waals surface area contributed by atoms with E-state index >= 15 is 0 Å². The van der Waals surface area contributed by atoms with Crippen molar-refractivity contribution >= 4 is 45.7 Å². The molecule has 2 amide bonds. The van der Waals surface area contributed by atoms with Gasteiger partial charge in [0.2, 0.25) is 0 Å². The molecule has 1 aliphatic heterocycles. The summed E-state index contributed by atoms with van der Waals surface area (Å²) in [4.78, 5) is 44.0. The molecule has 0 saturated carbocycles. The van der Waals surface area contributed by atoms with Crippen LogP contribution in [0.3, 0.4) is 0 Å². The molecule has 212 valence electrons. The molecule has 13 heteroatoms. The van der Waals surface area contributed by atoms with Gasteiger partial charge in [-0.3, -0.25) is 19.3 Å². The Balaban J connectivity index is 1.49. The molecule has 0 atom stereocenters. The van der Waals surface area contributed by atoms with Crippen molar-refractivity contribution in [3.8, 4) is 0 Å². The summed E-state index contributed by atoms with van der Waals surface area (Å²) in [6.45, 7) is 0.0793. The standard InChI is InChI=1S/C28H25F3N6O4/c29-28(30,31)16-37-22-7-3-2-6-18(22)24(35-37)26(39)34-21-14-17(8-9-23(21)36-12-4-1-5-13-36)25(38)33-20-10-11-32-15-19(20)27(40)41/h2-3,6-11,14-15H,1,4-5,12-13,16H2,(H,34,39)(H,40,41)(H,32,33,38). The molecule has 10 nitrogen and oxygen atoms in total. The lowest BCUT2D eigenvalue weighted by molar-refractivity contribution is -0.141. The molecular formula is C28H25F3N6O4. The van der Waals surface area contributed by atoms with Crippen molar-refractivity contribution in [3.05, 3.63) is 77.7 Å². The Labute approximate surface area is 231 Å². The van der Waals surface area contributed by atoms with Crippen LogP contribution in [0.4, 0.5) is 30.2 Å². The van der Waals surface area contributed by atoms with Crippen LogP contribution in [0.1, 0.15) is 50.5 Å². The molecule has 0 radical (unpaired) electrons. The first-order chi connectivity index (χ1) is 19.6. The normalized spacial score (nSPS) is 13.7. The van der Waals surface area contributed by atoms with E-state index in [0.717, 1.165) is 43.2 Å². The third kappa shape index (κ3) is 6.13. The number of nitrogens with zero attached hydrogens (tertiary/aromatic N) is 4. The van der Waals surface area contributed by atoms with Crippen molar-refractivity contribution in [2.75, 3.05) is 28.6 Å². The molecular weight excluding hydrogens is 541 g/mol. The van der Waals surface area contributed by atoms with E-state index in [2.05, 4.69) is 25.6 Å². The second-order valence-electron chi connectivity index (χ2n) is 9.55. The van der Waals surface area contributed by atoms with E-state index in [9.17, 15) is 32.7 Å². The molecule has 0 spiro atoms.